The second-order valence-electron chi connectivity index (χ2n) is 34.0. The molecule has 72 heteroatoms. The Hall–Kier alpha value is -6.39. The molecule has 8 aliphatic heterocycles. The molecule has 7 saturated heterocycles. The van der Waals surface area contributed by atoms with Crippen LogP contribution in [0.5, 0.6) is 0 Å². The maximum Gasteiger partial charge on any atom is 0.386 e. The SMILES string of the molecule is CC[C@H]1O[C@@H](n2cc(C)c(=O)[nH]c2=O)CC1OP(=O)(S)OC[C@H]1O[C@@H](n2cnc3c(N)ncnc32)CC1OP(=O)(S)OC[C@H]1O[C@@H](n2cnc3c(N)ncnc32)CC1OP(=O)(S)OC[C@H]1O[C@@H](n2cc(C)c(N)nc2=O)CC1OP(=O)(S)OC[C@H]1O[C@@H](n2cc(C)c(=O)[nH]c2=O)CC1OP(=O)(S)OC[C@H]1O[C@@H](n2cc(C)c(=O)[nH]c2=O)CC1OP(=O)(S)OC[C@H]1O[C@@H](N2C=C(C)C(N)NC2=O)CC1OP(=O)(S)OC. The molecular weight excluding hydrogens is 2190 g/mol. The fourth-order valence-electron chi connectivity index (χ4n) is 16.8. The molecule has 144 heavy (non-hydrogen) atoms. The average Bonchev–Trinajstić information content (AvgIpc) is 1.63. The molecule has 12 N–H and O–H groups in total. The molecule has 0 bridgehead atoms. The van der Waals surface area contributed by atoms with Crippen LogP contribution >= 0.6 is 133 Å². The Morgan fingerprint density at radius 2 is 0.653 bits per heavy atom. The normalized spacial score (nSPS) is 30.8. The standard InChI is InChI=1S/C72H99N22O36P7S7/c1-8-36-37(9-50(117-36)90-18-33(4)65(95)85-70(90)100)125-132(104,139)111-25-48-42(14-55(122-48)93-29-81-57-61(75)77-27-79-63(57)93)130-137(109,144)116-26-49-43(15-56(123-49)94-30-82-58-62(76)78-28-80-64(58)94)129-136(108,143)115-22-45-39(11-52(119-45)89-17-32(3)60(74)84-69(89)99)126-134(106,141)113-23-47-41(13-54(121-47)92-20-35(6)67(97)87-72(92)102)128-135(107,142)114-24-46-40(12-53(120-46)91-19-34(5)66(96)86-71(91)101)127-133(105,140)112-21-44-38(124-131(103,138)110-7)10-51(118-44)88-16-31(2)59(73)83-68(88)98/h16-20,27-30,36-56,59H,8-15,21-26,73H2,1-7H3,(H,83,98)(H,103,138)(H,104,139)(H,105,140)(H,106,141)(H,107,142)(H,108,143)(H,109,144)(H2,74,84,99)(H2,75,77,79)(H2,76,78,80)(H,85,95,100)(H,86,96,101)(H,87,97,102)/t36-,37?,38?,39?,40?,41?,42?,43?,44-,45-,46-,47-,48-,49-,50-,51-,52-,53-,54-,55-,56-,59?,131?,132?,133?,134?,135?,136?,137?/m1/s1. The van der Waals surface area contributed by atoms with Crippen molar-refractivity contribution in [3.05, 3.63) is 157 Å². The predicted octanol–water partition coefficient (Wildman–Crippen LogP) is 6.73. The summed E-state index contributed by atoms with van der Waals surface area (Å²) in [5.41, 5.74) is 20.4. The van der Waals surface area contributed by atoms with Crippen LogP contribution in [0.3, 0.4) is 0 Å². The molecule has 58 nitrogen and oxygen atoms in total. The molecule has 790 valence electrons. The van der Waals surface area contributed by atoms with Crippen molar-refractivity contribution in [1.29, 1.82) is 0 Å². The number of urea groups is 1. The van der Waals surface area contributed by atoms with E-state index in [1.165, 1.54) is 85.2 Å². The van der Waals surface area contributed by atoms with Crippen molar-refractivity contribution < 1.29 is 133 Å². The van der Waals surface area contributed by atoms with Gasteiger partial charge in [-0.15, -0.1) is 0 Å². The highest BCUT2D eigenvalue weighted by Gasteiger charge is 2.53. The summed E-state index contributed by atoms with van der Waals surface area (Å²) in [4.78, 5) is 141. The minimum absolute atomic E-state index is 0.0158. The Balaban J connectivity index is 0.606. The highest BCUT2D eigenvalue weighted by molar-refractivity contribution is 8.46. The van der Waals surface area contributed by atoms with Gasteiger partial charge in [-0.2, -0.15) is 4.98 Å². The molecule has 7 fully saturated rings. The summed E-state index contributed by atoms with van der Waals surface area (Å²) < 4.78 is 236. The Labute approximate surface area is 849 Å². The Morgan fingerprint density at radius 1 is 0.375 bits per heavy atom. The molecule has 15 unspecified atom stereocenters. The van der Waals surface area contributed by atoms with E-state index >= 15 is 9.13 Å². The number of carbonyl (C=O) groups is 1. The molecule has 8 aliphatic rings. The second kappa shape index (κ2) is 44.5. The van der Waals surface area contributed by atoms with Crippen LogP contribution < -0.4 is 67.7 Å². The lowest BCUT2D eigenvalue weighted by Gasteiger charge is -2.32. The molecule has 2 amide bonds. The topological polar surface area (TPSA) is 736 Å². The van der Waals surface area contributed by atoms with E-state index in [1.54, 1.807) is 13.8 Å². The molecule has 29 atom stereocenters. The maximum atomic E-state index is 15.1. The lowest BCUT2D eigenvalue weighted by atomic mass is 10.1. The average molecular weight is 2290 g/mol. The van der Waals surface area contributed by atoms with E-state index in [4.69, 9.17) is 119 Å². The molecule has 0 radical (unpaired) electrons. The number of aryl methyl sites for hydroxylation is 4. The number of nitrogens with zero attached hydrogens (tertiary/aromatic N) is 14. The fourth-order valence-corrected chi connectivity index (χ4v) is 27.0. The van der Waals surface area contributed by atoms with Crippen LogP contribution in [0.15, 0.2) is 95.4 Å². The minimum atomic E-state index is -4.93. The number of H-pyrrole nitrogens is 3. The highest BCUT2D eigenvalue weighted by Crippen LogP contribution is 2.65. The van der Waals surface area contributed by atoms with Gasteiger partial charge < -0.3 is 65.9 Å². The second-order valence-corrected chi connectivity index (χ2v) is 54.3. The van der Waals surface area contributed by atoms with Crippen LogP contribution in [0.4, 0.5) is 22.2 Å². The number of rotatable bonds is 41. The maximum absolute atomic E-state index is 15.1. The number of anilines is 3. The van der Waals surface area contributed by atoms with Crippen molar-refractivity contribution in [3.63, 3.8) is 0 Å². The zero-order valence-electron chi connectivity index (χ0n) is 76.3. The van der Waals surface area contributed by atoms with Crippen LogP contribution in [0.1, 0.15) is 125 Å². The highest BCUT2D eigenvalue weighted by atomic mass is 32.7. The van der Waals surface area contributed by atoms with Gasteiger partial charge in [0.2, 0.25) is 0 Å². The fraction of sp³-hybridized carbons (Fsp3) is 0.597. The number of nitrogens with one attached hydrogen (secondary N) is 4. The van der Waals surface area contributed by atoms with Crippen molar-refractivity contribution in [1.82, 2.24) is 87.5 Å². The molecule has 8 aromatic heterocycles. The van der Waals surface area contributed by atoms with E-state index in [9.17, 15) is 61.2 Å². The molecule has 0 spiro atoms. The van der Waals surface area contributed by atoms with Gasteiger partial charge in [-0.05, 0) is 46.6 Å². The van der Waals surface area contributed by atoms with Crippen molar-refractivity contribution in [2.45, 2.75) is 228 Å². The van der Waals surface area contributed by atoms with E-state index < -0.39 is 287 Å². The lowest BCUT2D eigenvalue weighted by Crippen LogP contribution is -2.54. The lowest BCUT2D eigenvalue weighted by molar-refractivity contribution is -0.0554. The summed E-state index contributed by atoms with van der Waals surface area (Å²) in [6.07, 6.45) is -18.6. The van der Waals surface area contributed by atoms with Gasteiger partial charge in [-0.1, -0.05) is 92.7 Å². The number of thiol groups is 7. The number of aromatic amines is 3. The number of hydrogen-bond acceptors (Lipinski definition) is 47. The summed E-state index contributed by atoms with van der Waals surface area (Å²) in [6, 6.07) is -0.668. The van der Waals surface area contributed by atoms with Gasteiger partial charge in [-0.3, -0.25) is 120 Å². The molecule has 0 saturated carbocycles. The molecular formula is C72H99N22O36P7S7. The number of amides is 2. The first kappa shape index (κ1) is 110. The number of hydrogen-bond donors (Lipinski definition) is 15. The summed E-state index contributed by atoms with van der Waals surface area (Å²) >= 11 is 30.0. The summed E-state index contributed by atoms with van der Waals surface area (Å²) in [5.74, 6) is -0.136. The van der Waals surface area contributed by atoms with Crippen molar-refractivity contribution >= 4 is 179 Å². The van der Waals surface area contributed by atoms with Crippen LogP contribution in [0, 0.1) is 27.7 Å². The molecule has 16 rings (SSSR count). The smallest absolute Gasteiger partial charge is 0.383 e. The first-order chi connectivity index (χ1) is 67.8. The molecule has 0 aromatic carbocycles. The van der Waals surface area contributed by atoms with E-state index in [2.05, 4.69) is 141 Å². The number of ether oxygens (including phenoxy) is 7. The van der Waals surface area contributed by atoms with Crippen molar-refractivity contribution in [2.24, 2.45) is 5.73 Å². The van der Waals surface area contributed by atoms with Crippen LogP contribution in [-0.4, -0.2) is 233 Å². The predicted molar refractivity (Wildman–Crippen MR) is 525 cm³/mol. The van der Waals surface area contributed by atoms with Crippen molar-refractivity contribution in [2.75, 3.05) is 64.0 Å². The largest absolute Gasteiger partial charge is 0.386 e. The number of aromatic nitrogens is 16. The Bertz CT molecular complexity index is 7050. The van der Waals surface area contributed by atoms with Gasteiger partial charge in [0.25, 0.3) is 16.7 Å². The molecule has 16 heterocycles. The third-order valence-corrected chi connectivity index (χ3v) is 35.7. The number of nitrogens with two attached hydrogens (primary N) is 4. The summed E-state index contributed by atoms with van der Waals surface area (Å²) in [7, 11) is 1.07. The minimum Gasteiger partial charge on any atom is -0.383 e. The third-order valence-electron chi connectivity index (χ3n) is 24.1. The van der Waals surface area contributed by atoms with E-state index in [0.717, 1.165) is 38.2 Å². The first-order valence-corrected chi connectivity index (χ1v) is 62.4. The Morgan fingerprint density at radius 3 is 0.972 bits per heavy atom. The number of imidazole rings is 2. The van der Waals surface area contributed by atoms with E-state index in [1.807, 2.05) is 0 Å². The van der Waals surface area contributed by atoms with Gasteiger partial charge >= 0.3 is 76.4 Å². The van der Waals surface area contributed by atoms with Crippen LogP contribution in [-0.2, 0) is 128 Å². The van der Waals surface area contributed by atoms with Gasteiger partial charge in [-0.25, -0.2) is 85.8 Å². The van der Waals surface area contributed by atoms with Gasteiger partial charge in [0.15, 0.2) is 22.9 Å². The first-order valence-electron chi connectivity index (χ1n) is 43.6. The quantitative estimate of drug-likeness (QED) is 0.0139. The van der Waals surface area contributed by atoms with Gasteiger partial charge in [0, 0.05) is 105 Å². The van der Waals surface area contributed by atoms with E-state index in [-0.39, 0.29) is 82.2 Å². The number of fused-ring (bicyclic) bond motifs is 2. The van der Waals surface area contributed by atoms with Gasteiger partial charge in [0.1, 0.15) is 153 Å². The monoisotopic (exact) mass is 2290 g/mol. The summed E-state index contributed by atoms with van der Waals surface area (Å²) in [6.45, 7) is -28.2. The Kier molecular flexibility index (Phi) is 34.1. The third kappa shape index (κ3) is 26.0. The number of carbonyl (C=O) groups excluding carboxylic acids is 1. The zero-order chi connectivity index (χ0) is 104. The van der Waals surface area contributed by atoms with Crippen LogP contribution in [0.25, 0.3) is 22.3 Å². The molecule has 0 aliphatic carbocycles. The zero-order valence-corrected chi connectivity index (χ0v) is 88.8. The van der Waals surface area contributed by atoms with Crippen LogP contribution in [0.2, 0.25) is 0 Å². The molecule has 8 aromatic rings. The van der Waals surface area contributed by atoms with E-state index in [0.29, 0.717) is 17.6 Å². The van der Waals surface area contributed by atoms with Gasteiger partial charge in [0.05, 0.1) is 64.5 Å². The number of nitrogen functional groups attached to an aromatic ring is 3. The van der Waals surface area contributed by atoms with Crippen molar-refractivity contribution in [3.8, 4) is 0 Å². The summed E-state index contributed by atoms with van der Waals surface area (Å²) in [5, 5.41) is 2.57.